The monoisotopic (exact) mass is 397 g/mol. The van der Waals surface area contributed by atoms with Gasteiger partial charge in [0.25, 0.3) is 0 Å². The predicted octanol–water partition coefficient (Wildman–Crippen LogP) is 4.24. The van der Waals surface area contributed by atoms with Crippen molar-refractivity contribution in [3.63, 3.8) is 0 Å². The second-order valence-electron chi connectivity index (χ2n) is 7.59. The van der Waals surface area contributed by atoms with Crippen molar-refractivity contribution in [1.82, 2.24) is 9.88 Å². The second-order valence-corrected chi connectivity index (χ2v) is 8.50. The zero-order valence-electron chi connectivity index (χ0n) is 15.3. The first kappa shape index (κ1) is 19.0. The highest BCUT2D eigenvalue weighted by Crippen LogP contribution is 2.26. The van der Waals surface area contributed by atoms with Crippen LogP contribution in [0.3, 0.4) is 0 Å². The number of carbonyl (C=O) groups excluding carboxylic acids is 1. The van der Waals surface area contributed by atoms with E-state index in [-0.39, 0.29) is 6.09 Å². The van der Waals surface area contributed by atoms with E-state index in [4.69, 9.17) is 4.74 Å². The molecule has 0 bridgehead atoms. The van der Waals surface area contributed by atoms with E-state index in [2.05, 4.69) is 38.8 Å². The standard InChI is InChI=1S/C18H28BrN3O2/c1-13-10-15(19)11-20-16(13)22-8-6-14(7-9-22)12-21(5)17(23)24-18(2,3)4/h10-11,14H,6-9,12H2,1-5H3. The summed E-state index contributed by atoms with van der Waals surface area (Å²) in [6.07, 6.45) is 3.73. The summed E-state index contributed by atoms with van der Waals surface area (Å²) < 4.78 is 6.43. The lowest BCUT2D eigenvalue weighted by molar-refractivity contribution is 0.0266. The molecule has 1 fully saturated rings. The Morgan fingerprint density at radius 3 is 2.58 bits per heavy atom. The summed E-state index contributed by atoms with van der Waals surface area (Å²) in [7, 11) is 1.82. The number of pyridine rings is 1. The molecule has 1 aliphatic rings. The maximum Gasteiger partial charge on any atom is 0.410 e. The molecule has 5 nitrogen and oxygen atoms in total. The van der Waals surface area contributed by atoms with Gasteiger partial charge in [0.15, 0.2) is 0 Å². The van der Waals surface area contributed by atoms with Gasteiger partial charge in [-0.3, -0.25) is 0 Å². The van der Waals surface area contributed by atoms with Crippen molar-refractivity contribution in [2.24, 2.45) is 5.92 Å². The van der Waals surface area contributed by atoms with Crippen molar-refractivity contribution in [1.29, 1.82) is 0 Å². The molecule has 0 saturated carbocycles. The molecule has 1 aromatic rings. The topological polar surface area (TPSA) is 45.7 Å². The van der Waals surface area contributed by atoms with Crippen LogP contribution in [0.4, 0.5) is 10.6 Å². The first-order chi connectivity index (χ1) is 11.2. The van der Waals surface area contributed by atoms with Crippen LogP contribution in [-0.2, 0) is 4.74 Å². The van der Waals surface area contributed by atoms with Gasteiger partial charge in [0.05, 0.1) is 0 Å². The van der Waals surface area contributed by atoms with Crippen LogP contribution in [0.15, 0.2) is 16.7 Å². The SMILES string of the molecule is Cc1cc(Br)cnc1N1CCC(CN(C)C(=O)OC(C)(C)C)CC1. The van der Waals surface area contributed by atoms with Crippen molar-refractivity contribution < 1.29 is 9.53 Å². The summed E-state index contributed by atoms with van der Waals surface area (Å²) in [4.78, 5) is 20.7. The molecular weight excluding hydrogens is 370 g/mol. The number of hydrogen-bond acceptors (Lipinski definition) is 4. The number of rotatable bonds is 3. The molecule has 1 aromatic heterocycles. The number of anilines is 1. The molecule has 0 aliphatic carbocycles. The second kappa shape index (κ2) is 7.72. The summed E-state index contributed by atoms with van der Waals surface area (Å²) in [5.74, 6) is 1.58. The van der Waals surface area contributed by atoms with E-state index in [1.807, 2.05) is 34.0 Å². The minimum absolute atomic E-state index is 0.240. The van der Waals surface area contributed by atoms with Gasteiger partial charge in [0.1, 0.15) is 11.4 Å². The van der Waals surface area contributed by atoms with E-state index in [1.165, 1.54) is 5.56 Å². The van der Waals surface area contributed by atoms with Crippen LogP contribution >= 0.6 is 15.9 Å². The summed E-state index contributed by atoms with van der Waals surface area (Å²) in [6, 6.07) is 2.10. The number of nitrogens with zero attached hydrogens (tertiary/aromatic N) is 3. The van der Waals surface area contributed by atoms with Crippen LogP contribution in [0.25, 0.3) is 0 Å². The average molecular weight is 398 g/mol. The number of piperidine rings is 1. The van der Waals surface area contributed by atoms with Crippen molar-refractivity contribution in [2.75, 3.05) is 31.6 Å². The molecule has 2 heterocycles. The fraction of sp³-hybridized carbons (Fsp3) is 0.667. The third kappa shape index (κ3) is 5.36. The molecule has 6 heteroatoms. The predicted molar refractivity (Wildman–Crippen MR) is 100 cm³/mol. The smallest absolute Gasteiger partial charge is 0.410 e. The third-order valence-electron chi connectivity index (χ3n) is 4.17. The van der Waals surface area contributed by atoms with Gasteiger partial charge < -0.3 is 14.5 Å². The first-order valence-electron chi connectivity index (χ1n) is 8.47. The molecule has 24 heavy (non-hydrogen) atoms. The Morgan fingerprint density at radius 2 is 2.04 bits per heavy atom. The lowest BCUT2D eigenvalue weighted by atomic mass is 9.96. The lowest BCUT2D eigenvalue weighted by Crippen LogP contribution is -2.41. The maximum absolute atomic E-state index is 12.1. The van der Waals surface area contributed by atoms with Gasteiger partial charge in [0, 0.05) is 37.4 Å². The molecule has 2 rings (SSSR count). The van der Waals surface area contributed by atoms with Gasteiger partial charge >= 0.3 is 6.09 Å². The Bertz CT molecular complexity index is 578. The van der Waals surface area contributed by atoms with E-state index in [0.29, 0.717) is 5.92 Å². The summed E-state index contributed by atoms with van der Waals surface area (Å²) in [6.45, 7) is 10.5. The molecule has 1 aliphatic heterocycles. The number of hydrogen-bond donors (Lipinski definition) is 0. The highest BCUT2D eigenvalue weighted by Gasteiger charge is 2.25. The Morgan fingerprint density at radius 1 is 1.42 bits per heavy atom. The van der Waals surface area contributed by atoms with Crippen molar-refractivity contribution >= 4 is 27.8 Å². The summed E-state index contributed by atoms with van der Waals surface area (Å²) >= 11 is 3.46. The zero-order valence-corrected chi connectivity index (χ0v) is 16.9. The lowest BCUT2D eigenvalue weighted by Gasteiger charge is -2.35. The highest BCUT2D eigenvalue weighted by atomic mass is 79.9. The summed E-state index contributed by atoms with van der Waals surface area (Å²) in [5.41, 5.74) is 0.744. The normalized spacial score (nSPS) is 16.2. The fourth-order valence-electron chi connectivity index (χ4n) is 2.99. The Balaban J connectivity index is 1.85. The van der Waals surface area contributed by atoms with Crippen LogP contribution in [0.5, 0.6) is 0 Å². The Kier molecular flexibility index (Phi) is 6.12. The maximum atomic E-state index is 12.1. The number of aryl methyl sites for hydroxylation is 1. The van der Waals surface area contributed by atoms with Gasteiger partial charge in [-0.05, 0) is 74.0 Å². The minimum Gasteiger partial charge on any atom is -0.444 e. The van der Waals surface area contributed by atoms with E-state index in [9.17, 15) is 4.79 Å². The largest absolute Gasteiger partial charge is 0.444 e. The number of amides is 1. The Labute approximate surface area is 153 Å². The Hall–Kier alpha value is -1.30. The van der Waals surface area contributed by atoms with Gasteiger partial charge in [-0.15, -0.1) is 0 Å². The third-order valence-corrected chi connectivity index (χ3v) is 4.60. The van der Waals surface area contributed by atoms with Crippen LogP contribution in [0.2, 0.25) is 0 Å². The number of aromatic nitrogens is 1. The molecule has 0 spiro atoms. The van der Waals surface area contributed by atoms with E-state index < -0.39 is 5.60 Å². The minimum atomic E-state index is -0.445. The molecule has 0 radical (unpaired) electrons. The van der Waals surface area contributed by atoms with Crippen LogP contribution < -0.4 is 4.90 Å². The van der Waals surface area contributed by atoms with Crippen LogP contribution in [0, 0.1) is 12.8 Å². The molecule has 1 saturated heterocycles. The molecule has 134 valence electrons. The van der Waals surface area contributed by atoms with Crippen LogP contribution in [0.1, 0.15) is 39.2 Å². The van der Waals surface area contributed by atoms with Gasteiger partial charge in [0.2, 0.25) is 0 Å². The van der Waals surface area contributed by atoms with Crippen LogP contribution in [-0.4, -0.2) is 48.3 Å². The van der Waals surface area contributed by atoms with Crippen molar-refractivity contribution in [2.45, 2.75) is 46.1 Å². The van der Waals surface area contributed by atoms with E-state index >= 15 is 0 Å². The average Bonchev–Trinajstić information content (AvgIpc) is 2.46. The molecule has 0 aromatic carbocycles. The number of carbonyl (C=O) groups is 1. The van der Waals surface area contributed by atoms with Crippen molar-refractivity contribution in [3.8, 4) is 0 Å². The van der Waals surface area contributed by atoms with Gasteiger partial charge in [-0.25, -0.2) is 9.78 Å². The van der Waals surface area contributed by atoms with Gasteiger partial charge in [-0.1, -0.05) is 0 Å². The quantitative estimate of drug-likeness (QED) is 0.764. The molecule has 0 unspecified atom stereocenters. The first-order valence-corrected chi connectivity index (χ1v) is 9.26. The van der Waals surface area contributed by atoms with E-state index in [0.717, 1.165) is 42.8 Å². The fourth-order valence-corrected chi connectivity index (χ4v) is 3.44. The molecule has 0 N–H and O–H groups in total. The molecular formula is C18H28BrN3O2. The zero-order chi connectivity index (χ0) is 17.9. The van der Waals surface area contributed by atoms with E-state index in [1.54, 1.807) is 4.90 Å². The van der Waals surface area contributed by atoms with Gasteiger partial charge in [-0.2, -0.15) is 0 Å². The molecule has 1 amide bonds. The van der Waals surface area contributed by atoms with Crippen molar-refractivity contribution in [3.05, 3.63) is 22.3 Å². The molecule has 0 atom stereocenters. The number of halogens is 1. The number of ether oxygens (including phenoxy) is 1. The summed E-state index contributed by atoms with van der Waals surface area (Å²) in [5, 5.41) is 0. The highest BCUT2D eigenvalue weighted by molar-refractivity contribution is 9.10.